The topological polar surface area (TPSA) is 39.2 Å². The molecule has 0 fully saturated rings. The monoisotopic (exact) mass is 277 g/mol. The molecule has 1 heterocycles. The highest BCUT2D eigenvalue weighted by atomic mass is 35.5. The van der Waals surface area contributed by atoms with Crippen LogP contribution in [-0.4, -0.2) is 16.8 Å². The highest BCUT2D eigenvalue weighted by Gasteiger charge is 2.06. The molecule has 0 unspecified atom stereocenters. The number of hydrogen-bond acceptors (Lipinski definition) is 3. The summed E-state index contributed by atoms with van der Waals surface area (Å²) < 4.78 is 5.27. The Morgan fingerprint density at radius 3 is 2.89 bits per heavy atom. The molecule has 4 heteroatoms. The number of hydrogen-bond donors (Lipinski definition) is 0. The number of fused-ring (bicyclic) bond motifs is 1. The Morgan fingerprint density at radius 1 is 1.21 bits per heavy atom. The summed E-state index contributed by atoms with van der Waals surface area (Å²) in [5, 5.41) is 1.03. The minimum atomic E-state index is -0.175. The second-order valence-corrected chi connectivity index (χ2v) is 4.67. The van der Waals surface area contributed by atoms with E-state index in [0.29, 0.717) is 18.9 Å². The number of esters is 1. The molecule has 0 bridgehead atoms. The summed E-state index contributed by atoms with van der Waals surface area (Å²) in [6, 6.07) is 9.71. The number of ether oxygens (including phenoxy) is 1. The van der Waals surface area contributed by atoms with Crippen molar-refractivity contribution in [2.45, 2.75) is 25.9 Å². The summed E-state index contributed by atoms with van der Waals surface area (Å²) in [6.45, 7) is 0.294. The Bertz CT molecular complexity index is 551. The summed E-state index contributed by atoms with van der Waals surface area (Å²) in [5.41, 5.74) is 1.90. The van der Waals surface area contributed by atoms with Crippen molar-refractivity contribution in [3.05, 3.63) is 42.1 Å². The fourth-order valence-electron chi connectivity index (χ4n) is 1.88. The number of para-hydroxylation sites is 1. The van der Waals surface area contributed by atoms with Gasteiger partial charge in [-0.2, -0.15) is 0 Å². The van der Waals surface area contributed by atoms with E-state index < -0.39 is 0 Å². The van der Waals surface area contributed by atoms with E-state index in [1.54, 1.807) is 6.20 Å². The average Bonchev–Trinajstić information content (AvgIpc) is 2.45. The first-order valence-corrected chi connectivity index (χ1v) is 6.89. The van der Waals surface area contributed by atoms with E-state index >= 15 is 0 Å². The Kier molecular flexibility index (Phi) is 5.16. The normalized spacial score (nSPS) is 10.6. The quantitative estimate of drug-likeness (QED) is 0.459. The van der Waals surface area contributed by atoms with Crippen molar-refractivity contribution in [1.29, 1.82) is 0 Å². The molecule has 19 heavy (non-hydrogen) atoms. The maximum Gasteiger partial charge on any atom is 0.306 e. The number of carbonyl (C=O) groups is 1. The molecule has 2 rings (SSSR count). The lowest BCUT2D eigenvalue weighted by atomic mass is 10.1. The molecule has 0 saturated heterocycles. The zero-order chi connectivity index (χ0) is 13.5. The molecule has 0 aliphatic carbocycles. The number of alkyl halides is 1. The Balaban J connectivity index is 1.96. The van der Waals surface area contributed by atoms with E-state index in [4.69, 9.17) is 16.3 Å². The van der Waals surface area contributed by atoms with Crippen molar-refractivity contribution in [1.82, 2.24) is 4.98 Å². The molecular formula is C15H16ClNO2. The number of rotatable bonds is 6. The number of carbonyl (C=O) groups excluding carboxylic acids is 1. The lowest BCUT2D eigenvalue weighted by Crippen LogP contribution is -2.05. The predicted molar refractivity (Wildman–Crippen MR) is 76.1 cm³/mol. The first kappa shape index (κ1) is 13.8. The Labute approximate surface area is 117 Å². The third-order valence-electron chi connectivity index (χ3n) is 2.89. The third kappa shape index (κ3) is 3.93. The lowest BCUT2D eigenvalue weighted by molar-refractivity contribution is -0.145. The minimum absolute atomic E-state index is 0.175. The van der Waals surface area contributed by atoms with E-state index in [-0.39, 0.29) is 5.97 Å². The van der Waals surface area contributed by atoms with Crippen molar-refractivity contribution in [3.63, 3.8) is 0 Å². The summed E-state index contributed by atoms with van der Waals surface area (Å²) >= 11 is 5.56. The van der Waals surface area contributed by atoms with E-state index in [9.17, 15) is 4.79 Å². The molecule has 100 valence electrons. The lowest BCUT2D eigenvalue weighted by Gasteiger charge is -2.07. The standard InChI is InChI=1S/C15H16ClNO2/c16-9-4-3-7-15(18)19-11-12-8-10-17-14-6-2-1-5-13(12)14/h1-2,5-6,8,10H,3-4,7,9,11H2. The molecule has 0 N–H and O–H groups in total. The molecule has 1 aromatic carbocycles. The number of benzene rings is 1. The molecule has 0 spiro atoms. The van der Waals surface area contributed by atoms with Gasteiger partial charge in [-0.1, -0.05) is 18.2 Å². The van der Waals surface area contributed by atoms with E-state index in [0.717, 1.165) is 29.3 Å². The molecule has 0 atom stereocenters. The van der Waals surface area contributed by atoms with Crippen LogP contribution in [0.2, 0.25) is 0 Å². The van der Waals surface area contributed by atoms with Crippen molar-refractivity contribution in [2.75, 3.05) is 5.88 Å². The van der Waals surface area contributed by atoms with E-state index in [2.05, 4.69) is 4.98 Å². The molecule has 0 aliphatic rings. The second kappa shape index (κ2) is 7.10. The molecule has 1 aromatic heterocycles. The van der Waals surface area contributed by atoms with Gasteiger partial charge in [-0.3, -0.25) is 9.78 Å². The molecule has 0 aliphatic heterocycles. The van der Waals surface area contributed by atoms with Crippen LogP contribution in [0.25, 0.3) is 10.9 Å². The number of nitrogens with zero attached hydrogens (tertiary/aromatic N) is 1. The maximum absolute atomic E-state index is 11.5. The SMILES string of the molecule is O=C(CCCCCl)OCc1ccnc2ccccc12. The van der Waals surface area contributed by atoms with Crippen molar-refractivity contribution in [2.24, 2.45) is 0 Å². The van der Waals surface area contributed by atoms with Crippen LogP contribution in [0.4, 0.5) is 0 Å². The van der Waals surface area contributed by atoms with Crippen LogP contribution in [0.15, 0.2) is 36.5 Å². The smallest absolute Gasteiger partial charge is 0.306 e. The van der Waals surface area contributed by atoms with Crippen LogP contribution in [0.5, 0.6) is 0 Å². The molecule has 0 saturated carbocycles. The van der Waals surface area contributed by atoms with E-state index in [1.807, 2.05) is 30.3 Å². The van der Waals surface area contributed by atoms with Crippen LogP contribution in [0.3, 0.4) is 0 Å². The van der Waals surface area contributed by atoms with Gasteiger partial charge in [0.25, 0.3) is 0 Å². The van der Waals surface area contributed by atoms with Gasteiger partial charge in [0.05, 0.1) is 5.52 Å². The highest BCUT2D eigenvalue weighted by Crippen LogP contribution is 2.17. The van der Waals surface area contributed by atoms with Gasteiger partial charge in [0, 0.05) is 29.4 Å². The van der Waals surface area contributed by atoms with Crippen molar-refractivity contribution >= 4 is 28.5 Å². The van der Waals surface area contributed by atoms with Gasteiger partial charge < -0.3 is 4.74 Å². The van der Waals surface area contributed by atoms with Gasteiger partial charge in [-0.15, -0.1) is 11.6 Å². The zero-order valence-electron chi connectivity index (χ0n) is 10.6. The number of aromatic nitrogens is 1. The molecule has 2 aromatic rings. The third-order valence-corrected chi connectivity index (χ3v) is 3.16. The predicted octanol–water partition coefficient (Wildman–Crippen LogP) is 3.69. The Morgan fingerprint density at radius 2 is 2.05 bits per heavy atom. The van der Waals surface area contributed by atoms with Gasteiger partial charge in [0.1, 0.15) is 6.61 Å². The van der Waals surface area contributed by atoms with Gasteiger partial charge in [-0.25, -0.2) is 0 Å². The summed E-state index contributed by atoms with van der Waals surface area (Å²) in [6.07, 6.45) is 3.78. The van der Waals surface area contributed by atoms with Crippen LogP contribution >= 0.6 is 11.6 Å². The largest absolute Gasteiger partial charge is 0.461 e. The van der Waals surface area contributed by atoms with Crippen LogP contribution in [-0.2, 0) is 16.1 Å². The van der Waals surface area contributed by atoms with Gasteiger partial charge >= 0.3 is 5.97 Å². The summed E-state index contributed by atoms with van der Waals surface area (Å²) in [7, 11) is 0. The Hall–Kier alpha value is -1.61. The van der Waals surface area contributed by atoms with E-state index in [1.165, 1.54) is 0 Å². The first-order chi connectivity index (χ1) is 9.31. The highest BCUT2D eigenvalue weighted by molar-refractivity contribution is 6.17. The number of unbranched alkanes of at least 4 members (excludes halogenated alkanes) is 1. The van der Waals surface area contributed by atoms with Gasteiger partial charge in [0.15, 0.2) is 0 Å². The van der Waals surface area contributed by atoms with Crippen molar-refractivity contribution < 1.29 is 9.53 Å². The molecule has 0 amide bonds. The summed E-state index contributed by atoms with van der Waals surface area (Å²) in [4.78, 5) is 15.8. The second-order valence-electron chi connectivity index (χ2n) is 4.29. The fourth-order valence-corrected chi connectivity index (χ4v) is 2.06. The summed E-state index contributed by atoms with van der Waals surface area (Å²) in [5.74, 6) is 0.411. The van der Waals surface area contributed by atoms with Crippen LogP contribution in [0, 0.1) is 0 Å². The molecule has 3 nitrogen and oxygen atoms in total. The van der Waals surface area contributed by atoms with Gasteiger partial charge in [-0.05, 0) is 25.0 Å². The average molecular weight is 278 g/mol. The zero-order valence-corrected chi connectivity index (χ0v) is 11.4. The first-order valence-electron chi connectivity index (χ1n) is 6.35. The minimum Gasteiger partial charge on any atom is -0.461 e. The maximum atomic E-state index is 11.5. The fraction of sp³-hybridized carbons (Fsp3) is 0.333. The van der Waals surface area contributed by atoms with Crippen molar-refractivity contribution in [3.8, 4) is 0 Å². The van der Waals surface area contributed by atoms with Gasteiger partial charge in [0.2, 0.25) is 0 Å². The van der Waals surface area contributed by atoms with Crippen LogP contribution in [0.1, 0.15) is 24.8 Å². The molecular weight excluding hydrogens is 262 g/mol. The number of pyridine rings is 1. The number of halogens is 1. The van der Waals surface area contributed by atoms with Crippen LogP contribution < -0.4 is 0 Å². The molecule has 0 radical (unpaired) electrons.